The van der Waals surface area contributed by atoms with Crippen LogP contribution in [0.15, 0.2) is 0 Å². The number of epoxide rings is 4. The Kier molecular flexibility index (Phi) is 9.40. The molecule has 8 nitrogen and oxygen atoms in total. The third-order valence-electron chi connectivity index (χ3n) is 14.2. The van der Waals surface area contributed by atoms with Crippen molar-refractivity contribution in [3.8, 4) is 0 Å². The van der Waals surface area contributed by atoms with E-state index in [9.17, 15) is 0 Å². The molecule has 14 atom stereocenters. The molecule has 5 saturated heterocycles. The van der Waals surface area contributed by atoms with E-state index in [1.165, 1.54) is 103 Å². The molecule has 0 bridgehead atoms. The minimum Gasteiger partial charge on any atom is -0.416 e. The highest BCUT2D eigenvalue weighted by atomic mass is 28.5. The number of hydrogen-bond acceptors (Lipinski definition) is 8. The molecule has 9 fully saturated rings. The van der Waals surface area contributed by atoms with E-state index in [-0.39, 0.29) is 0 Å². The second kappa shape index (κ2) is 13.1. The lowest BCUT2D eigenvalue weighted by Crippen LogP contribution is -2.67. The van der Waals surface area contributed by atoms with E-state index in [1.807, 2.05) is 0 Å². The lowest BCUT2D eigenvalue weighted by atomic mass is 9.88. The van der Waals surface area contributed by atoms with Crippen molar-refractivity contribution < 1.29 is 35.4 Å². The van der Waals surface area contributed by atoms with Gasteiger partial charge < -0.3 is 35.4 Å². The van der Waals surface area contributed by atoms with Crippen LogP contribution >= 0.6 is 0 Å². The Balaban J connectivity index is 0.939. The minimum absolute atomic E-state index is 0.521. The fourth-order valence-electron chi connectivity index (χ4n) is 11.2. The first-order valence-electron chi connectivity index (χ1n) is 20.4. The normalized spacial score (nSPS) is 55.2. The fourth-order valence-corrected chi connectivity index (χ4v) is 35.0. The van der Waals surface area contributed by atoms with Gasteiger partial charge in [0.2, 0.25) is 0 Å². The predicted molar refractivity (Wildman–Crippen MR) is 193 cm³/mol. The summed E-state index contributed by atoms with van der Waals surface area (Å²) in [6.45, 7) is 9.61. The Morgan fingerprint density at radius 3 is 0.771 bits per heavy atom. The molecule has 4 saturated carbocycles. The van der Waals surface area contributed by atoms with Gasteiger partial charge in [0, 0.05) is 0 Å². The molecule has 48 heavy (non-hydrogen) atoms. The summed E-state index contributed by atoms with van der Waals surface area (Å²) >= 11 is 0. The van der Waals surface area contributed by atoms with Gasteiger partial charge in [-0.2, -0.15) is 0 Å². The van der Waals surface area contributed by atoms with E-state index in [4.69, 9.17) is 35.4 Å². The Morgan fingerprint density at radius 2 is 0.562 bits per heavy atom. The molecule has 4 aliphatic carbocycles. The lowest BCUT2D eigenvalue weighted by molar-refractivity contribution is 0.211. The summed E-state index contributed by atoms with van der Waals surface area (Å²) < 4.78 is 54.4. The summed E-state index contributed by atoms with van der Waals surface area (Å²) in [5.41, 5.74) is 0. The van der Waals surface area contributed by atoms with E-state index < -0.39 is 34.2 Å². The number of hydrogen-bond donors (Lipinski definition) is 0. The van der Waals surface area contributed by atoms with Crippen molar-refractivity contribution in [3.63, 3.8) is 0 Å². The van der Waals surface area contributed by atoms with E-state index >= 15 is 0 Å². The average Bonchev–Trinajstić information content (AvgIpc) is 3.85. The molecular formula is C36H64O8Si4. The Morgan fingerprint density at radius 1 is 0.333 bits per heavy atom. The van der Waals surface area contributed by atoms with Crippen molar-refractivity contribution >= 4 is 34.2 Å². The first-order chi connectivity index (χ1) is 23.0. The molecule has 12 heteroatoms. The first kappa shape index (κ1) is 34.3. The zero-order valence-corrected chi connectivity index (χ0v) is 34.3. The van der Waals surface area contributed by atoms with Gasteiger partial charge in [-0.25, -0.2) is 0 Å². The van der Waals surface area contributed by atoms with Crippen molar-refractivity contribution in [1.82, 2.24) is 0 Å². The smallest absolute Gasteiger partial charge is 0.317 e. The van der Waals surface area contributed by atoms with Gasteiger partial charge in [0.25, 0.3) is 0 Å². The van der Waals surface area contributed by atoms with Gasteiger partial charge in [-0.15, -0.1) is 0 Å². The van der Waals surface area contributed by atoms with Gasteiger partial charge in [-0.3, -0.25) is 0 Å². The molecule has 0 aromatic rings. The van der Waals surface area contributed by atoms with Crippen LogP contribution in [0.4, 0.5) is 0 Å². The predicted octanol–water partition coefficient (Wildman–Crippen LogP) is 8.18. The third kappa shape index (κ3) is 8.20. The van der Waals surface area contributed by atoms with Gasteiger partial charge in [-0.05, 0) is 177 Å². The van der Waals surface area contributed by atoms with Crippen molar-refractivity contribution in [1.29, 1.82) is 0 Å². The topological polar surface area (TPSA) is 87.0 Å². The molecule has 0 radical (unpaired) electrons. The molecule has 0 aromatic carbocycles. The maximum absolute atomic E-state index is 7.67. The Bertz CT molecular complexity index is 995. The molecule has 0 spiro atoms. The van der Waals surface area contributed by atoms with Crippen LogP contribution in [0.1, 0.15) is 103 Å². The quantitative estimate of drug-likeness (QED) is 0.147. The Hall–Kier alpha value is 0.548. The molecule has 13 unspecified atom stereocenters. The van der Waals surface area contributed by atoms with Crippen LogP contribution in [-0.4, -0.2) is 83.1 Å². The molecule has 0 amide bonds. The van der Waals surface area contributed by atoms with Crippen molar-refractivity contribution in [3.05, 3.63) is 0 Å². The maximum Gasteiger partial charge on any atom is 0.317 e. The third-order valence-corrected chi connectivity index (χ3v) is 32.8. The number of rotatable bonds is 12. The molecule has 5 aliphatic heterocycles. The van der Waals surface area contributed by atoms with Crippen LogP contribution in [0.3, 0.4) is 0 Å². The summed E-state index contributed by atoms with van der Waals surface area (Å²) in [5.74, 6) is 2.91. The fraction of sp³-hybridized carbons (Fsp3) is 1.00. The second-order valence-electron chi connectivity index (χ2n) is 18.7. The molecule has 0 aromatic heterocycles. The summed E-state index contributed by atoms with van der Waals surface area (Å²) in [7, 11) is -10.4. The highest BCUT2D eigenvalue weighted by Crippen LogP contribution is 2.48. The summed E-state index contributed by atoms with van der Waals surface area (Å²) in [5, 5.41) is 0. The highest BCUT2D eigenvalue weighted by Gasteiger charge is 2.58. The van der Waals surface area contributed by atoms with Crippen molar-refractivity contribution in [2.24, 2.45) is 23.7 Å². The number of fused-ring (bicyclic) bond motifs is 4. The van der Waals surface area contributed by atoms with Crippen molar-refractivity contribution in [2.45, 2.75) is 202 Å². The zero-order valence-electron chi connectivity index (χ0n) is 30.3. The monoisotopic (exact) mass is 736 g/mol. The summed E-state index contributed by atoms with van der Waals surface area (Å²) in [6.07, 6.45) is 24.1. The molecule has 272 valence electrons. The minimum atomic E-state index is -2.60. The van der Waals surface area contributed by atoms with Crippen LogP contribution in [0.25, 0.3) is 0 Å². The summed E-state index contributed by atoms with van der Waals surface area (Å²) in [4.78, 5) is 0. The van der Waals surface area contributed by atoms with Gasteiger partial charge in [0.05, 0.1) is 48.8 Å². The van der Waals surface area contributed by atoms with E-state index in [0.717, 1.165) is 47.8 Å². The van der Waals surface area contributed by atoms with Crippen LogP contribution < -0.4 is 0 Å². The largest absolute Gasteiger partial charge is 0.416 e. The molecule has 9 rings (SSSR count). The number of ether oxygens (including phenoxy) is 4. The van der Waals surface area contributed by atoms with Crippen molar-refractivity contribution in [2.75, 3.05) is 0 Å². The second-order valence-corrected chi connectivity index (χ2v) is 33.0. The van der Waals surface area contributed by atoms with Gasteiger partial charge in [0.15, 0.2) is 0 Å². The van der Waals surface area contributed by atoms with E-state index in [2.05, 4.69) is 26.2 Å². The van der Waals surface area contributed by atoms with Crippen LogP contribution in [-0.2, 0) is 35.4 Å². The average molecular weight is 737 g/mol. The summed E-state index contributed by atoms with van der Waals surface area (Å²) in [6, 6.07) is 4.21. The maximum atomic E-state index is 7.67. The van der Waals surface area contributed by atoms with Gasteiger partial charge in [-0.1, -0.05) is 0 Å². The molecule has 9 aliphatic rings. The highest BCUT2D eigenvalue weighted by molar-refractivity contribution is 6.93. The van der Waals surface area contributed by atoms with Crippen LogP contribution in [0.5, 0.6) is 0 Å². The van der Waals surface area contributed by atoms with Gasteiger partial charge in [0.1, 0.15) is 0 Å². The lowest BCUT2D eigenvalue weighted by Gasteiger charge is -2.51. The van der Waals surface area contributed by atoms with E-state index in [1.54, 1.807) is 0 Å². The van der Waals surface area contributed by atoms with E-state index in [0.29, 0.717) is 48.8 Å². The standard InChI is InChI=1S/C36H64O8Si4/c1-45(17-13-25-5-9-29-33(21-25)37-29)41-46(2,18-14-26-6-10-30-34(22-26)38-30)43-48(4,20-16-28-8-12-32-36(24-28)40-32)44-47(3,42-45)19-15-27-7-11-31-35(23-27)39-31/h25-36H,5-24H2,1-4H3/t25?,26?,27?,28?,29-,30?,31?,32?,33?,34?,35?,36?,45?,46?,47?,48?/m1/s1. The molecule has 0 N–H and O–H groups in total. The van der Waals surface area contributed by atoms with Gasteiger partial charge >= 0.3 is 34.2 Å². The SMILES string of the molecule is C[Si]1(CCC2CCC3OC3C2)O[Si](C)(CCC2CCC3OC3C2)O[Si](C)(CCC2CC[C@H]3OC3C2)O[Si](C)(CCC2CCC3OC3C2)O1. The Labute approximate surface area is 294 Å². The molecular weight excluding hydrogens is 673 g/mol. The zero-order chi connectivity index (χ0) is 32.7. The van der Waals surface area contributed by atoms with Crippen LogP contribution in [0.2, 0.25) is 50.4 Å². The first-order valence-corrected chi connectivity index (χ1v) is 30.5. The molecule has 5 heterocycles. The van der Waals surface area contributed by atoms with Crippen LogP contribution in [0, 0.1) is 23.7 Å².